The van der Waals surface area contributed by atoms with Gasteiger partial charge in [0.2, 0.25) is 0 Å². The Balaban J connectivity index is 0.0000160. The van der Waals surface area contributed by atoms with Gasteiger partial charge in [-0.05, 0) is 133 Å². The van der Waals surface area contributed by atoms with Crippen molar-refractivity contribution in [2.24, 2.45) is 0 Å². The number of nitrogens with zero attached hydrogens (tertiary/aromatic N) is 4. The van der Waals surface area contributed by atoms with E-state index in [0.717, 1.165) is 34.0 Å². The van der Waals surface area contributed by atoms with Crippen molar-refractivity contribution in [3.63, 3.8) is 0 Å². The minimum Gasteiger partial charge on any atom is -0.510 e. The summed E-state index contributed by atoms with van der Waals surface area (Å²) < 4.78 is 432. The Bertz CT molecular complexity index is 7950. The van der Waals surface area contributed by atoms with Crippen LogP contribution in [0, 0.1) is 25.3 Å². The first-order valence-electron chi connectivity index (χ1n) is 54.6. The van der Waals surface area contributed by atoms with E-state index in [1.165, 1.54) is 51.6 Å². The zero-order valence-corrected chi connectivity index (χ0v) is 61.8. The first-order valence-corrected chi connectivity index (χ1v) is 37.1. The standard InChI is InChI=1S/C99H80N4OSi2.Pt/c1-70-59-96(100-68-89(70)72-37-18-9-19-38-72)103-90-54-33-32-53-87(90)88-57-56-80(67-92(88)103)104-79-40-34-39-78(66-79)101-69-102(91-58-55-73(62-93(91)101)74-60-76(98(2,3)4)65-77(61-74)99(5,6)7)97-94(105(81-41-20-10-21-42-81,82-43-22-11-23-44-82)83-45-24-12-25-46-83)63-75(71-35-16-8-17-36-71)64-95(97)106(84-47-26-13-27-48-84,85-49-28-14-29-50-85)86-51-30-15-31-52-86;/h8-65,68H,1-7H3;/q-2;/i1D3,8D,9D,10D,11D,12D,13D,14D,15D,16D,17D,18D,19D,20D,21D,22D,23D,24D,25D,26D,27D,28D,29D,30D,31D,35D,36D,37D,38D,41D,42D,43D,44D,45D,46D,47D,48D,49D,50D,51D,52D;. The molecule has 3 aromatic heterocycles. The van der Waals surface area contributed by atoms with E-state index in [9.17, 15) is 46.6 Å². The second-order valence-electron chi connectivity index (χ2n) is 26.7. The van der Waals surface area contributed by atoms with Crippen molar-refractivity contribution < 1.29 is 89.3 Å². The number of benzene rings is 14. The molecule has 3 heterocycles. The quantitative estimate of drug-likeness (QED) is 0.0418. The summed E-state index contributed by atoms with van der Waals surface area (Å²) in [4.78, 5) is 4.71. The summed E-state index contributed by atoms with van der Waals surface area (Å²) in [5, 5.41) is -9.58. The largest absolute Gasteiger partial charge is 0.510 e. The van der Waals surface area contributed by atoms with E-state index in [-0.39, 0.29) is 60.7 Å². The van der Waals surface area contributed by atoms with E-state index >= 15 is 0 Å². The maximum atomic E-state index is 10.7. The number of aryl methyl sites for hydroxylation is 1. The third kappa shape index (κ3) is 12.7. The predicted octanol–water partition coefficient (Wildman–Crippen LogP) is 18.2. The van der Waals surface area contributed by atoms with Gasteiger partial charge in [-0.1, -0.05) is 349 Å². The Labute approximate surface area is 705 Å². The van der Waals surface area contributed by atoms with Crippen LogP contribution in [-0.2, 0) is 31.9 Å². The Morgan fingerprint density at radius 1 is 0.421 bits per heavy atom. The molecule has 0 aliphatic carbocycles. The van der Waals surface area contributed by atoms with Crippen molar-refractivity contribution in [3.05, 3.63) is 392 Å². The fourth-order valence-electron chi connectivity index (χ4n) is 13.5. The molecule has 0 atom stereocenters. The van der Waals surface area contributed by atoms with Crippen molar-refractivity contribution in [1.82, 2.24) is 14.1 Å². The molecule has 0 bridgehead atoms. The Hall–Kier alpha value is -11.6. The molecule has 0 unspecified atom stereocenters. The minimum atomic E-state index is -7.36. The van der Waals surface area contributed by atoms with Crippen LogP contribution in [-0.4, -0.2) is 30.3 Å². The maximum absolute atomic E-state index is 10.7. The van der Waals surface area contributed by atoms with Crippen LogP contribution in [0.1, 0.15) is 117 Å². The molecule has 14 aromatic carbocycles. The third-order valence-electron chi connectivity index (χ3n) is 18.5. The molecule has 522 valence electrons. The second kappa shape index (κ2) is 28.7. The zero-order chi connectivity index (χ0) is 109. The van der Waals surface area contributed by atoms with Crippen molar-refractivity contribution in [3.8, 4) is 62.1 Å². The summed E-state index contributed by atoms with van der Waals surface area (Å²) in [5.41, 5.74) is -3.75. The number of imidazole rings is 1. The molecule has 0 aliphatic heterocycles. The summed E-state index contributed by atoms with van der Waals surface area (Å²) in [6.45, 7) is 8.70. The predicted molar refractivity (Wildman–Crippen MR) is 446 cm³/mol. The summed E-state index contributed by atoms with van der Waals surface area (Å²) in [5.74, 6) is -0.458. The van der Waals surface area contributed by atoms with Gasteiger partial charge in [0, 0.05) is 54.0 Å². The van der Waals surface area contributed by atoms with Crippen LogP contribution in [0.5, 0.6) is 11.5 Å². The summed E-state index contributed by atoms with van der Waals surface area (Å²) in [6, 6.07) is -18.3. The fraction of sp³-hybridized carbons (Fsp3) is 0.0909. The monoisotopic (exact) mass is 1630 g/mol. The van der Waals surface area contributed by atoms with Crippen molar-refractivity contribution in [2.75, 3.05) is 0 Å². The molecule has 0 aliphatic rings. The van der Waals surface area contributed by atoms with Crippen LogP contribution in [0.3, 0.4) is 0 Å². The Kier molecular flexibility index (Phi) is 9.70. The fourth-order valence-corrected chi connectivity index (χ4v) is 21.7. The Morgan fingerprint density at radius 2 is 0.888 bits per heavy atom. The van der Waals surface area contributed by atoms with Gasteiger partial charge >= 0.3 is 0 Å². The van der Waals surface area contributed by atoms with Crippen LogP contribution < -0.4 is 50.8 Å². The molecule has 17 aromatic rings. The molecule has 0 spiro atoms. The number of hydrogen-bond donors (Lipinski definition) is 0. The second-order valence-corrected chi connectivity index (χ2v) is 33.8. The molecular formula is C99H80N4OPtSi2-2. The molecule has 0 saturated carbocycles. The number of aromatic nitrogens is 4. The van der Waals surface area contributed by atoms with Gasteiger partial charge in [0.05, 0.1) is 71.6 Å². The van der Waals surface area contributed by atoms with E-state index < -0.39 is 350 Å². The minimum absolute atomic E-state index is 0. The van der Waals surface area contributed by atoms with Crippen LogP contribution in [0.4, 0.5) is 0 Å². The third-order valence-corrected chi connectivity index (χ3v) is 26.9. The number of para-hydroxylation sites is 1. The Morgan fingerprint density at radius 3 is 1.38 bits per heavy atom. The molecular weight excluding hydrogens is 1510 g/mol. The molecule has 0 radical (unpaired) electrons. The maximum Gasteiger partial charge on any atom is 0.268 e. The first kappa shape index (κ1) is 36.1. The van der Waals surface area contributed by atoms with Crippen LogP contribution in [0.25, 0.3) is 83.4 Å². The van der Waals surface area contributed by atoms with Crippen LogP contribution in [0.15, 0.2) is 357 Å². The number of rotatable bonds is 16. The molecule has 8 heteroatoms. The van der Waals surface area contributed by atoms with Gasteiger partial charge in [0.1, 0.15) is 5.82 Å². The smallest absolute Gasteiger partial charge is 0.268 e. The van der Waals surface area contributed by atoms with Crippen molar-refractivity contribution >= 4 is 90.5 Å². The topological polar surface area (TPSA) is 35.9 Å². The van der Waals surface area contributed by atoms with Crippen molar-refractivity contribution in [2.45, 2.75) is 59.2 Å². The van der Waals surface area contributed by atoms with Crippen molar-refractivity contribution in [1.29, 1.82) is 0 Å². The normalized spacial score (nSPS) is 17.8. The number of hydrogen-bond acceptors (Lipinski definition) is 2. The molecule has 0 amide bonds. The molecule has 17 rings (SSSR count). The summed E-state index contributed by atoms with van der Waals surface area (Å²) in [6.07, 6.45) is 4.40. The van der Waals surface area contributed by atoms with E-state index in [1.807, 2.05) is 59.7 Å². The van der Waals surface area contributed by atoms with Crippen LogP contribution >= 0.6 is 0 Å². The number of fused-ring (bicyclic) bond motifs is 4. The summed E-state index contributed by atoms with van der Waals surface area (Å²) >= 11 is 0. The molecule has 107 heavy (non-hydrogen) atoms. The van der Waals surface area contributed by atoms with E-state index in [4.69, 9.17) is 22.1 Å². The van der Waals surface area contributed by atoms with E-state index in [1.54, 1.807) is 36.4 Å². The first-order chi connectivity index (χ1) is 69.5. The van der Waals surface area contributed by atoms with Gasteiger partial charge in [0.25, 0.3) is 6.33 Å². The average Bonchev–Trinajstić information content (AvgIpc) is 0.851. The molecule has 0 N–H and O–H groups in total. The number of ether oxygens (including phenoxy) is 1. The molecule has 0 fully saturated rings. The van der Waals surface area contributed by atoms with Crippen LogP contribution in [0.2, 0.25) is 0 Å². The van der Waals surface area contributed by atoms with Gasteiger partial charge in [-0.25, -0.2) is 4.98 Å². The molecule has 5 nitrogen and oxygen atoms in total. The average molecular weight is 1640 g/mol. The summed E-state index contributed by atoms with van der Waals surface area (Å²) in [7, 11) is -14.7. The number of pyridine rings is 1. The van der Waals surface area contributed by atoms with E-state index in [0.29, 0.717) is 27.4 Å². The van der Waals surface area contributed by atoms with Gasteiger partial charge in [-0.15, -0.1) is 29.7 Å². The van der Waals surface area contributed by atoms with Gasteiger partial charge in [-0.3, -0.25) is 4.57 Å². The molecule has 0 saturated heterocycles. The van der Waals surface area contributed by atoms with E-state index in [2.05, 4.69) is 18.5 Å². The van der Waals surface area contributed by atoms with Gasteiger partial charge < -0.3 is 13.9 Å². The zero-order valence-electron chi connectivity index (χ0n) is 100. The van der Waals surface area contributed by atoms with Gasteiger partial charge in [-0.2, -0.15) is 18.2 Å². The van der Waals surface area contributed by atoms with Gasteiger partial charge in [0.15, 0.2) is 16.1 Å². The SMILES string of the molecule is [2H]c1c([2H])c([2H])c(-c2cc([Si](c3c([2H])c([2H])c([2H])c([2H])c3[2H])(c3c([2H])c([2H])c([2H])c([2H])c3[2H])c3c([2H])c([2H])c([2H])c([2H])c3[2H])c(-[n+]3[c-]n(-c4[c-]c(Oc5[c-]c6c(cc5)c5ccccc5n6-c5cc(C([2H])([2H])[2H])c(-c6c([2H])c([2H])c([2H])c([2H])c6[2H])cn5)ccc4)c4cc(-c5cc(C(C)(C)C)cc(C(C)(C)C)c5)ccc43)c([Si](c3c([2H])c([2H])c([2H])c([2H])c3[2H])(c3c([2H])c([2H])c([2H])c([2H])c3[2H])c3c([2H])c([2H])c([2H])c([2H])c3[2H])c2)c([2H])c1[2H].[Pt].